The van der Waals surface area contributed by atoms with Crippen molar-refractivity contribution in [3.8, 4) is 0 Å². The van der Waals surface area contributed by atoms with Gasteiger partial charge in [-0.2, -0.15) is 0 Å². The predicted molar refractivity (Wildman–Crippen MR) is 60.4 cm³/mol. The quantitative estimate of drug-likeness (QED) is 0.576. The van der Waals surface area contributed by atoms with E-state index in [0.29, 0.717) is 6.61 Å². The predicted octanol–water partition coefficient (Wildman–Crippen LogP) is 2.41. The average Bonchev–Trinajstić information content (AvgIpc) is 3.00. The molecule has 1 N–H and O–H groups in total. The van der Waals surface area contributed by atoms with Crippen molar-refractivity contribution in [2.75, 3.05) is 19.7 Å². The first-order chi connectivity index (χ1) is 6.88. The van der Waals surface area contributed by atoms with Gasteiger partial charge in [0.15, 0.2) is 0 Å². The van der Waals surface area contributed by atoms with Crippen LogP contribution in [0.15, 0.2) is 0 Å². The zero-order valence-electron chi connectivity index (χ0n) is 9.54. The molecule has 0 aromatic carbocycles. The summed E-state index contributed by atoms with van der Waals surface area (Å²) in [7, 11) is 0. The molecule has 84 valence electrons. The third-order valence-corrected chi connectivity index (χ3v) is 2.97. The van der Waals surface area contributed by atoms with E-state index in [1.807, 2.05) is 0 Å². The molecule has 1 fully saturated rings. The van der Waals surface area contributed by atoms with E-state index in [2.05, 4.69) is 11.8 Å². The van der Waals surface area contributed by atoms with Crippen molar-refractivity contribution in [1.29, 1.82) is 0 Å². The van der Waals surface area contributed by atoms with Crippen molar-refractivity contribution < 1.29 is 5.11 Å². The van der Waals surface area contributed by atoms with E-state index < -0.39 is 0 Å². The SMILES string of the molecule is CCCCN(CCCCCO)C1CC1. The zero-order chi connectivity index (χ0) is 10.2. The monoisotopic (exact) mass is 199 g/mol. The minimum atomic E-state index is 0.360. The largest absolute Gasteiger partial charge is 0.396 e. The van der Waals surface area contributed by atoms with E-state index in [1.165, 1.54) is 51.6 Å². The molecular formula is C12H25NO. The second-order valence-corrected chi connectivity index (χ2v) is 4.40. The minimum absolute atomic E-state index is 0.360. The molecule has 1 rings (SSSR count). The minimum Gasteiger partial charge on any atom is -0.396 e. The van der Waals surface area contributed by atoms with Crippen LogP contribution >= 0.6 is 0 Å². The number of hydrogen-bond donors (Lipinski definition) is 1. The Bertz CT molecular complexity index is 134. The Kier molecular flexibility index (Phi) is 6.20. The molecule has 0 aliphatic heterocycles. The summed E-state index contributed by atoms with van der Waals surface area (Å²) < 4.78 is 0. The van der Waals surface area contributed by atoms with Crippen LogP contribution in [0.25, 0.3) is 0 Å². The van der Waals surface area contributed by atoms with Crippen LogP contribution < -0.4 is 0 Å². The van der Waals surface area contributed by atoms with Gasteiger partial charge in [0.2, 0.25) is 0 Å². The molecule has 0 spiro atoms. The highest BCUT2D eigenvalue weighted by molar-refractivity contribution is 4.84. The lowest BCUT2D eigenvalue weighted by Gasteiger charge is -2.21. The lowest BCUT2D eigenvalue weighted by atomic mass is 10.2. The van der Waals surface area contributed by atoms with Crippen LogP contribution in [-0.2, 0) is 0 Å². The molecule has 2 heteroatoms. The Balaban J connectivity index is 2.02. The van der Waals surface area contributed by atoms with Crippen molar-refractivity contribution in [2.45, 2.75) is 57.9 Å². The molecule has 1 saturated carbocycles. The first-order valence-corrected chi connectivity index (χ1v) is 6.23. The van der Waals surface area contributed by atoms with Gasteiger partial charge in [0.05, 0.1) is 0 Å². The van der Waals surface area contributed by atoms with Crippen LogP contribution in [0.2, 0.25) is 0 Å². The van der Waals surface area contributed by atoms with Crippen molar-refractivity contribution >= 4 is 0 Å². The molecule has 0 heterocycles. The molecule has 1 aliphatic carbocycles. The first-order valence-electron chi connectivity index (χ1n) is 6.23. The number of aliphatic hydroxyl groups excluding tert-OH is 1. The maximum atomic E-state index is 8.68. The highest BCUT2D eigenvalue weighted by Crippen LogP contribution is 2.27. The van der Waals surface area contributed by atoms with Crippen LogP contribution in [0.3, 0.4) is 0 Å². The summed E-state index contributed by atoms with van der Waals surface area (Å²) in [4.78, 5) is 2.65. The maximum absolute atomic E-state index is 8.68. The van der Waals surface area contributed by atoms with Crippen molar-refractivity contribution in [2.24, 2.45) is 0 Å². The van der Waals surface area contributed by atoms with Crippen LogP contribution in [0.1, 0.15) is 51.9 Å². The molecule has 0 aromatic heterocycles. The number of unbranched alkanes of at least 4 members (excludes halogenated alkanes) is 3. The van der Waals surface area contributed by atoms with Crippen molar-refractivity contribution in [3.63, 3.8) is 0 Å². The zero-order valence-corrected chi connectivity index (χ0v) is 9.54. The van der Waals surface area contributed by atoms with Gasteiger partial charge >= 0.3 is 0 Å². The van der Waals surface area contributed by atoms with Crippen molar-refractivity contribution in [3.05, 3.63) is 0 Å². The molecule has 0 amide bonds. The standard InChI is InChI=1S/C12H25NO/c1-2-3-9-13(12-7-8-12)10-5-4-6-11-14/h12,14H,2-11H2,1H3. The summed E-state index contributed by atoms with van der Waals surface area (Å²) in [6.45, 7) is 5.17. The molecule has 0 unspecified atom stereocenters. The lowest BCUT2D eigenvalue weighted by molar-refractivity contribution is 0.242. The Hall–Kier alpha value is -0.0800. The molecule has 0 radical (unpaired) electrons. The fourth-order valence-corrected chi connectivity index (χ4v) is 1.88. The smallest absolute Gasteiger partial charge is 0.0431 e. The number of hydrogen-bond acceptors (Lipinski definition) is 2. The Morgan fingerprint density at radius 3 is 2.36 bits per heavy atom. The third-order valence-electron chi connectivity index (χ3n) is 2.97. The third kappa shape index (κ3) is 4.97. The topological polar surface area (TPSA) is 23.5 Å². The van der Waals surface area contributed by atoms with Crippen LogP contribution in [-0.4, -0.2) is 35.7 Å². The van der Waals surface area contributed by atoms with Gasteiger partial charge in [-0.25, -0.2) is 0 Å². The van der Waals surface area contributed by atoms with Crippen molar-refractivity contribution in [1.82, 2.24) is 4.90 Å². The number of rotatable bonds is 9. The van der Waals surface area contributed by atoms with Crippen LogP contribution in [0.4, 0.5) is 0 Å². The van der Waals surface area contributed by atoms with E-state index in [4.69, 9.17) is 5.11 Å². The van der Waals surface area contributed by atoms with Gasteiger partial charge < -0.3 is 10.0 Å². The van der Waals surface area contributed by atoms with E-state index in [1.54, 1.807) is 0 Å². The van der Waals surface area contributed by atoms with Gasteiger partial charge in [-0.15, -0.1) is 0 Å². The second-order valence-electron chi connectivity index (χ2n) is 4.40. The van der Waals surface area contributed by atoms with Gasteiger partial charge in [0, 0.05) is 12.6 Å². The molecule has 0 saturated heterocycles. The number of aliphatic hydroxyl groups is 1. The fourth-order valence-electron chi connectivity index (χ4n) is 1.88. The molecule has 14 heavy (non-hydrogen) atoms. The van der Waals surface area contributed by atoms with E-state index in [-0.39, 0.29) is 0 Å². The van der Waals surface area contributed by atoms with Crippen LogP contribution in [0.5, 0.6) is 0 Å². The Morgan fingerprint density at radius 1 is 1.07 bits per heavy atom. The van der Waals surface area contributed by atoms with Gasteiger partial charge in [0.25, 0.3) is 0 Å². The maximum Gasteiger partial charge on any atom is 0.0431 e. The van der Waals surface area contributed by atoms with Gasteiger partial charge in [-0.1, -0.05) is 13.3 Å². The highest BCUT2D eigenvalue weighted by atomic mass is 16.2. The van der Waals surface area contributed by atoms with Gasteiger partial charge in [0.1, 0.15) is 0 Å². The van der Waals surface area contributed by atoms with E-state index in [9.17, 15) is 0 Å². The molecule has 2 nitrogen and oxygen atoms in total. The molecule has 1 aliphatic rings. The van der Waals surface area contributed by atoms with Crippen LogP contribution in [0, 0.1) is 0 Å². The fraction of sp³-hybridized carbons (Fsp3) is 1.00. The average molecular weight is 199 g/mol. The van der Waals surface area contributed by atoms with Gasteiger partial charge in [-0.05, 0) is 51.6 Å². The summed E-state index contributed by atoms with van der Waals surface area (Å²) in [5.74, 6) is 0. The molecular weight excluding hydrogens is 174 g/mol. The number of nitrogens with zero attached hydrogens (tertiary/aromatic N) is 1. The summed E-state index contributed by atoms with van der Waals surface area (Å²) in [6.07, 6.45) is 8.92. The molecule has 0 aromatic rings. The Labute approximate surface area is 88.3 Å². The van der Waals surface area contributed by atoms with E-state index >= 15 is 0 Å². The molecule has 0 atom stereocenters. The second kappa shape index (κ2) is 7.24. The van der Waals surface area contributed by atoms with E-state index in [0.717, 1.165) is 12.5 Å². The summed E-state index contributed by atoms with van der Waals surface area (Å²) in [5.41, 5.74) is 0. The Morgan fingerprint density at radius 2 is 1.79 bits per heavy atom. The lowest BCUT2D eigenvalue weighted by Crippen LogP contribution is -2.28. The summed E-state index contributed by atoms with van der Waals surface area (Å²) in [5, 5.41) is 8.68. The molecule has 0 bridgehead atoms. The summed E-state index contributed by atoms with van der Waals surface area (Å²) in [6, 6.07) is 0.913. The first kappa shape index (κ1) is 12.0. The van der Waals surface area contributed by atoms with Gasteiger partial charge in [-0.3, -0.25) is 0 Å². The normalized spacial score (nSPS) is 16.5. The summed E-state index contributed by atoms with van der Waals surface area (Å²) >= 11 is 0. The highest BCUT2D eigenvalue weighted by Gasteiger charge is 2.27.